The largest absolute Gasteiger partial charge is 0.310 e. The first-order valence-electron chi connectivity index (χ1n) is 7.33. The normalized spacial score (nSPS) is 22.6. The molecule has 0 saturated carbocycles. The number of rotatable bonds is 4. The molecule has 2 atom stereocenters. The van der Waals surface area contributed by atoms with E-state index in [1.165, 1.54) is 12.0 Å². The minimum atomic E-state index is 0.464. The zero-order valence-electron chi connectivity index (χ0n) is 11.6. The van der Waals surface area contributed by atoms with Crippen molar-refractivity contribution in [2.45, 2.75) is 31.5 Å². The quantitative estimate of drug-likeness (QED) is 0.894. The van der Waals surface area contributed by atoms with Crippen LogP contribution in [0.2, 0.25) is 0 Å². The van der Waals surface area contributed by atoms with Gasteiger partial charge in [-0.25, -0.2) is 0 Å². The summed E-state index contributed by atoms with van der Waals surface area (Å²) in [5.74, 6) is 0. The van der Waals surface area contributed by atoms with Crippen LogP contribution in [0.1, 0.15) is 30.1 Å². The van der Waals surface area contributed by atoms with Gasteiger partial charge in [-0.3, -0.25) is 4.98 Å². The molecule has 1 saturated heterocycles. The second-order valence-electron chi connectivity index (χ2n) is 5.34. The molecular formula is C17H21N3. The van der Waals surface area contributed by atoms with Gasteiger partial charge >= 0.3 is 0 Å². The zero-order chi connectivity index (χ0) is 13.6. The zero-order valence-corrected chi connectivity index (χ0v) is 11.6. The van der Waals surface area contributed by atoms with Crippen molar-refractivity contribution >= 4 is 0 Å². The van der Waals surface area contributed by atoms with E-state index in [1.807, 2.05) is 18.3 Å². The molecule has 1 aromatic carbocycles. The van der Waals surface area contributed by atoms with Crippen LogP contribution in [0.5, 0.6) is 0 Å². The van der Waals surface area contributed by atoms with E-state index in [1.54, 1.807) is 0 Å². The lowest BCUT2D eigenvalue weighted by Crippen LogP contribution is -2.41. The van der Waals surface area contributed by atoms with Gasteiger partial charge in [0.05, 0.1) is 5.69 Å². The molecule has 1 aliphatic rings. The molecular weight excluding hydrogens is 246 g/mol. The first-order chi connectivity index (χ1) is 9.92. The van der Waals surface area contributed by atoms with Gasteiger partial charge in [-0.1, -0.05) is 36.4 Å². The molecule has 2 N–H and O–H groups in total. The number of aromatic nitrogens is 1. The molecule has 3 heteroatoms. The van der Waals surface area contributed by atoms with Crippen LogP contribution in [0.25, 0.3) is 0 Å². The molecule has 1 aliphatic heterocycles. The lowest BCUT2D eigenvalue weighted by atomic mass is 9.94. The van der Waals surface area contributed by atoms with Crippen LogP contribution < -0.4 is 10.6 Å². The Labute approximate surface area is 120 Å². The lowest BCUT2D eigenvalue weighted by molar-refractivity contribution is 0.321. The van der Waals surface area contributed by atoms with Crippen molar-refractivity contribution in [2.75, 3.05) is 6.54 Å². The van der Waals surface area contributed by atoms with E-state index in [-0.39, 0.29) is 0 Å². The number of piperidine rings is 1. The van der Waals surface area contributed by atoms with Crippen LogP contribution in [0.4, 0.5) is 0 Å². The molecule has 0 amide bonds. The summed E-state index contributed by atoms with van der Waals surface area (Å²) in [6.45, 7) is 1.92. The van der Waals surface area contributed by atoms with E-state index in [9.17, 15) is 0 Å². The molecule has 1 fully saturated rings. The first-order valence-corrected chi connectivity index (χ1v) is 7.33. The van der Waals surface area contributed by atoms with Crippen LogP contribution in [0.3, 0.4) is 0 Å². The van der Waals surface area contributed by atoms with Gasteiger partial charge in [0.15, 0.2) is 0 Å². The van der Waals surface area contributed by atoms with E-state index < -0.39 is 0 Å². The topological polar surface area (TPSA) is 37.0 Å². The Bertz CT molecular complexity index is 512. The third-order valence-electron chi connectivity index (χ3n) is 3.90. The van der Waals surface area contributed by atoms with E-state index in [4.69, 9.17) is 0 Å². The van der Waals surface area contributed by atoms with Crippen molar-refractivity contribution in [3.8, 4) is 0 Å². The predicted octanol–water partition coefficient (Wildman–Crippen LogP) is 2.66. The fourth-order valence-corrected chi connectivity index (χ4v) is 2.79. The Hall–Kier alpha value is -1.71. The number of hydrogen-bond acceptors (Lipinski definition) is 3. The number of nitrogens with zero attached hydrogens (tertiary/aromatic N) is 1. The van der Waals surface area contributed by atoms with E-state index in [0.29, 0.717) is 12.1 Å². The summed E-state index contributed by atoms with van der Waals surface area (Å²) in [7, 11) is 0. The maximum atomic E-state index is 4.36. The highest BCUT2D eigenvalue weighted by molar-refractivity contribution is 5.19. The van der Waals surface area contributed by atoms with Crippen molar-refractivity contribution in [3.05, 3.63) is 66.0 Å². The van der Waals surface area contributed by atoms with Gasteiger partial charge in [-0.15, -0.1) is 0 Å². The minimum Gasteiger partial charge on any atom is -0.310 e. The average molecular weight is 267 g/mol. The van der Waals surface area contributed by atoms with E-state index in [2.05, 4.69) is 52.0 Å². The Morgan fingerprint density at radius 2 is 1.95 bits per heavy atom. The molecule has 0 radical (unpaired) electrons. The number of pyridine rings is 1. The fourth-order valence-electron chi connectivity index (χ4n) is 2.79. The third kappa shape index (κ3) is 3.44. The Morgan fingerprint density at radius 3 is 2.75 bits per heavy atom. The van der Waals surface area contributed by atoms with Gasteiger partial charge in [0.2, 0.25) is 0 Å². The van der Waals surface area contributed by atoms with Crippen LogP contribution in [-0.4, -0.2) is 17.6 Å². The van der Waals surface area contributed by atoms with Gasteiger partial charge in [-0.05, 0) is 37.1 Å². The second-order valence-corrected chi connectivity index (χ2v) is 5.34. The van der Waals surface area contributed by atoms with Crippen molar-refractivity contribution < 1.29 is 0 Å². The maximum absolute atomic E-state index is 4.36. The molecule has 3 rings (SSSR count). The van der Waals surface area contributed by atoms with Gasteiger partial charge in [-0.2, -0.15) is 0 Å². The molecule has 0 bridgehead atoms. The van der Waals surface area contributed by atoms with Gasteiger partial charge in [0, 0.05) is 24.8 Å². The molecule has 3 nitrogen and oxygen atoms in total. The highest BCUT2D eigenvalue weighted by Crippen LogP contribution is 2.23. The molecule has 104 valence electrons. The standard InChI is InChI=1S/C17H21N3/c1-2-6-14(7-3-1)17-12-15(9-11-19-17)20-13-16-8-4-5-10-18-16/h1-8,10,15,17,19-20H,9,11-13H2/t15-,17+/m1/s1. The number of hydrogen-bond donors (Lipinski definition) is 2. The lowest BCUT2D eigenvalue weighted by Gasteiger charge is -2.31. The highest BCUT2D eigenvalue weighted by atomic mass is 15.0. The Balaban J connectivity index is 1.56. The van der Waals surface area contributed by atoms with Crippen molar-refractivity contribution in [2.24, 2.45) is 0 Å². The maximum Gasteiger partial charge on any atom is 0.0541 e. The summed E-state index contributed by atoms with van der Waals surface area (Å²) in [6, 6.07) is 17.8. The summed E-state index contributed by atoms with van der Waals surface area (Å²) in [6.07, 6.45) is 4.17. The monoisotopic (exact) mass is 267 g/mol. The fraction of sp³-hybridized carbons (Fsp3) is 0.353. The number of benzene rings is 1. The van der Waals surface area contributed by atoms with E-state index >= 15 is 0 Å². The summed E-state index contributed by atoms with van der Waals surface area (Å²) in [5.41, 5.74) is 2.50. The number of nitrogens with one attached hydrogen (secondary N) is 2. The predicted molar refractivity (Wildman–Crippen MR) is 81.3 cm³/mol. The molecule has 2 heterocycles. The minimum absolute atomic E-state index is 0.464. The van der Waals surface area contributed by atoms with Crippen molar-refractivity contribution in [1.82, 2.24) is 15.6 Å². The second kappa shape index (κ2) is 6.64. The molecule has 20 heavy (non-hydrogen) atoms. The van der Waals surface area contributed by atoms with Gasteiger partial charge in [0.25, 0.3) is 0 Å². The molecule has 1 aromatic heterocycles. The molecule has 0 spiro atoms. The van der Waals surface area contributed by atoms with Crippen molar-refractivity contribution in [1.29, 1.82) is 0 Å². The molecule has 2 aromatic rings. The van der Waals surface area contributed by atoms with Gasteiger partial charge < -0.3 is 10.6 Å². The average Bonchev–Trinajstić information content (AvgIpc) is 2.55. The summed E-state index contributed by atoms with van der Waals surface area (Å²) < 4.78 is 0. The Morgan fingerprint density at radius 1 is 1.10 bits per heavy atom. The van der Waals surface area contributed by atoms with Crippen LogP contribution in [0, 0.1) is 0 Å². The molecule has 0 unspecified atom stereocenters. The third-order valence-corrected chi connectivity index (χ3v) is 3.90. The van der Waals surface area contributed by atoms with E-state index in [0.717, 1.165) is 25.2 Å². The SMILES string of the molecule is c1ccc([C@@H]2C[C@H](NCc3ccccn3)CCN2)cc1. The van der Waals surface area contributed by atoms with Crippen LogP contribution >= 0.6 is 0 Å². The molecule has 0 aliphatic carbocycles. The van der Waals surface area contributed by atoms with Crippen molar-refractivity contribution in [3.63, 3.8) is 0 Å². The summed E-state index contributed by atoms with van der Waals surface area (Å²) in [5, 5.41) is 7.24. The van der Waals surface area contributed by atoms with Crippen LogP contribution in [0.15, 0.2) is 54.7 Å². The highest BCUT2D eigenvalue weighted by Gasteiger charge is 2.22. The smallest absolute Gasteiger partial charge is 0.0541 e. The first kappa shape index (κ1) is 13.3. The van der Waals surface area contributed by atoms with Gasteiger partial charge in [0.1, 0.15) is 0 Å². The summed E-state index contributed by atoms with van der Waals surface area (Å²) in [4.78, 5) is 4.36. The Kier molecular flexibility index (Phi) is 4.41. The summed E-state index contributed by atoms with van der Waals surface area (Å²) >= 11 is 0. The van der Waals surface area contributed by atoms with Crippen LogP contribution in [-0.2, 0) is 6.54 Å².